The van der Waals surface area contributed by atoms with E-state index in [0.29, 0.717) is 0 Å². The Morgan fingerprint density at radius 2 is 1.95 bits per heavy atom. The van der Waals surface area contributed by atoms with Crippen LogP contribution in [0.15, 0.2) is 67.3 Å². The third kappa shape index (κ3) is 1.70. The van der Waals surface area contributed by atoms with E-state index in [4.69, 9.17) is 0 Å². The Morgan fingerprint density at radius 3 is 2.85 bits per heavy atom. The van der Waals surface area contributed by atoms with Crippen LogP contribution >= 0.6 is 0 Å². The molecule has 0 saturated heterocycles. The number of fused-ring (bicyclic) bond motifs is 1. The van der Waals surface area contributed by atoms with E-state index in [1.165, 1.54) is 5.39 Å². The van der Waals surface area contributed by atoms with Crippen LogP contribution in [0.25, 0.3) is 28.1 Å². The second kappa shape index (κ2) is 4.35. The van der Waals surface area contributed by atoms with Gasteiger partial charge in [-0.05, 0) is 35.7 Å². The molecule has 3 aromatic heterocycles. The summed E-state index contributed by atoms with van der Waals surface area (Å²) >= 11 is 0. The van der Waals surface area contributed by atoms with Crippen molar-refractivity contribution in [3.05, 3.63) is 67.3 Å². The third-order valence-corrected chi connectivity index (χ3v) is 3.35. The Balaban J connectivity index is 1.88. The lowest BCUT2D eigenvalue weighted by molar-refractivity contribution is 1.05. The van der Waals surface area contributed by atoms with Gasteiger partial charge in [0.05, 0.1) is 0 Å². The van der Waals surface area contributed by atoms with E-state index in [9.17, 15) is 0 Å². The summed E-state index contributed by atoms with van der Waals surface area (Å²) < 4.78 is 2.04. The van der Waals surface area contributed by atoms with Crippen molar-refractivity contribution in [3.63, 3.8) is 0 Å². The van der Waals surface area contributed by atoms with Crippen LogP contribution < -0.4 is 0 Å². The predicted molar refractivity (Wildman–Crippen MR) is 78.7 cm³/mol. The maximum absolute atomic E-state index is 4.42. The van der Waals surface area contributed by atoms with Crippen molar-refractivity contribution in [2.75, 3.05) is 0 Å². The van der Waals surface area contributed by atoms with E-state index in [0.717, 1.165) is 22.7 Å². The van der Waals surface area contributed by atoms with Gasteiger partial charge >= 0.3 is 0 Å². The van der Waals surface area contributed by atoms with E-state index >= 15 is 0 Å². The highest BCUT2D eigenvalue weighted by molar-refractivity contribution is 5.81. The summed E-state index contributed by atoms with van der Waals surface area (Å²) in [5.74, 6) is 0.844. The molecule has 0 amide bonds. The van der Waals surface area contributed by atoms with Crippen molar-refractivity contribution >= 4 is 10.9 Å². The molecular formula is C16H12N4. The molecule has 4 rings (SSSR count). The van der Waals surface area contributed by atoms with E-state index in [1.54, 1.807) is 12.4 Å². The predicted octanol–water partition coefficient (Wildman–Crippen LogP) is 3.42. The zero-order valence-corrected chi connectivity index (χ0v) is 10.7. The second-order valence-corrected chi connectivity index (χ2v) is 4.59. The molecule has 0 aliphatic carbocycles. The highest BCUT2D eigenvalue weighted by Gasteiger charge is 2.08. The van der Waals surface area contributed by atoms with Gasteiger partial charge in [-0.25, -0.2) is 4.98 Å². The van der Waals surface area contributed by atoms with Crippen LogP contribution in [-0.4, -0.2) is 19.5 Å². The number of aromatic nitrogens is 4. The van der Waals surface area contributed by atoms with Crippen LogP contribution in [0.3, 0.4) is 0 Å². The molecule has 0 unspecified atom stereocenters. The maximum Gasteiger partial charge on any atom is 0.163 e. The van der Waals surface area contributed by atoms with E-state index in [-0.39, 0.29) is 0 Å². The van der Waals surface area contributed by atoms with Gasteiger partial charge in [-0.3, -0.25) is 9.55 Å². The number of nitrogens with one attached hydrogen (secondary N) is 1. The van der Waals surface area contributed by atoms with Gasteiger partial charge in [0.1, 0.15) is 5.69 Å². The minimum atomic E-state index is 0.844. The molecule has 4 heteroatoms. The fourth-order valence-corrected chi connectivity index (χ4v) is 2.38. The Morgan fingerprint density at radius 1 is 0.950 bits per heavy atom. The van der Waals surface area contributed by atoms with Crippen molar-refractivity contribution in [2.24, 2.45) is 0 Å². The molecule has 4 nitrogen and oxygen atoms in total. The molecule has 0 radical (unpaired) electrons. The Labute approximate surface area is 115 Å². The Bertz CT molecular complexity index is 858. The van der Waals surface area contributed by atoms with Gasteiger partial charge in [0.25, 0.3) is 0 Å². The van der Waals surface area contributed by atoms with Crippen molar-refractivity contribution in [1.29, 1.82) is 0 Å². The number of hydrogen-bond acceptors (Lipinski definition) is 2. The molecule has 1 aromatic carbocycles. The molecule has 96 valence electrons. The van der Waals surface area contributed by atoms with Gasteiger partial charge in [-0.1, -0.05) is 12.1 Å². The number of H-pyrrole nitrogens is 1. The smallest absolute Gasteiger partial charge is 0.163 e. The van der Waals surface area contributed by atoms with Gasteiger partial charge in [-0.15, -0.1) is 0 Å². The van der Waals surface area contributed by atoms with Crippen molar-refractivity contribution in [1.82, 2.24) is 19.5 Å². The number of benzene rings is 1. The zero-order chi connectivity index (χ0) is 13.4. The fraction of sp³-hybridized carbons (Fsp3) is 0. The van der Waals surface area contributed by atoms with E-state index < -0.39 is 0 Å². The average molecular weight is 260 g/mol. The first kappa shape index (κ1) is 11.0. The summed E-state index contributed by atoms with van der Waals surface area (Å²) in [5.41, 5.74) is 3.05. The molecule has 0 aliphatic rings. The molecule has 0 atom stereocenters. The van der Waals surface area contributed by atoms with Crippen LogP contribution in [0.5, 0.6) is 0 Å². The first-order valence-electron chi connectivity index (χ1n) is 6.44. The van der Waals surface area contributed by atoms with Crippen LogP contribution in [0.2, 0.25) is 0 Å². The minimum absolute atomic E-state index is 0.844. The van der Waals surface area contributed by atoms with Crippen molar-refractivity contribution < 1.29 is 0 Å². The van der Waals surface area contributed by atoms with Gasteiger partial charge in [0.15, 0.2) is 5.82 Å². The maximum atomic E-state index is 4.42. The topological polar surface area (TPSA) is 46.5 Å². The Kier molecular flexibility index (Phi) is 2.39. The summed E-state index contributed by atoms with van der Waals surface area (Å²) in [4.78, 5) is 12.0. The second-order valence-electron chi connectivity index (χ2n) is 4.59. The summed E-state index contributed by atoms with van der Waals surface area (Å²) in [7, 11) is 0. The lowest BCUT2D eigenvalue weighted by atomic mass is 10.2. The molecule has 0 fully saturated rings. The monoisotopic (exact) mass is 260 g/mol. The Hall–Kier alpha value is -2.88. The van der Waals surface area contributed by atoms with Crippen molar-refractivity contribution in [2.45, 2.75) is 0 Å². The van der Waals surface area contributed by atoms with Crippen LogP contribution in [-0.2, 0) is 0 Å². The molecule has 1 N–H and O–H groups in total. The van der Waals surface area contributed by atoms with Crippen LogP contribution in [0, 0.1) is 0 Å². The summed E-state index contributed by atoms with van der Waals surface area (Å²) in [5, 5.41) is 1.20. The first-order valence-corrected chi connectivity index (χ1v) is 6.44. The molecule has 20 heavy (non-hydrogen) atoms. The van der Waals surface area contributed by atoms with Gasteiger partial charge in [0, 0.05) is 36.0 Å². The molecule has 0 spiro atoms. The highest BCUT2D eigenvalue weighted by atomic mass is 15.1. The molecule has 3 heterocycles. The number of imidazole rings is 1. The summed E-state index contributed by atoms with van der Waals surface area (Å²) in [6.45, 7) is 0. The molecule has 0 saturated carbocycles. The van der Waals surface area contributed by atoms with Gasteiger partial charge in [0.2, 0.25) is 0 Å². The molecule has 0 bridgehead atoms. The lowest BCUT2D eigenvalue weighted by Gasteiger charge is -2.07. The number of aromatic amines is 1. The normalized spacial score (nSPS) is 11.0. The molecular weight excluding hydrogens is 248 g/mol. The van der Waals surface area contributed by atoms with Gasteiger partial charge < -0.3 is 4.98 Å². The standard InChI is InChI=1S/C16H12N4/c1-2-7-17-14(3-1)16-19-9-10-20(16)13-5-4-12-6-8-18-15(12)11-13/h1-11,18H. The largest absolute Gasteiger partial charge is 0.361 e. The zero-order valence-electron chi connectivity index (χ0n) is 10.7. The molecule has 4 aromatic rings. The fourth-order valence-electron chi connectivity index (χ4n) is 2.38. The van der Waals surface area contributed by atoms with Gasteiger partial charge in [-0.2, -0.15) is 0 Å². The lowest BCUT2D eigenvalue weighted by Crippen LogP contribution is -1.97. The number of rotatable bonds is 2. The van der Waals surface area contributed by atoms with Crippen molar-refractivity contribution in [3.8, 4) is 17.2 Å². The summed E-state index contributed by atoms with van der Waals surface area (Å²) in [6, 6.07) is 14.2. The van der Waals surface area contributed by atoms with E-state index in [2.05, 4.69) is 39.2 Å². The van der Waals surface area contributed by atoms with Crippen LogP contribution in [0.1, 0.15) is 0 Å². The number of hydrogen-bond donors (Lipinski definition) is 1. The third-order valence-electron chi connectivity index (χ3n) is 3.35. The molecule has 0 aliphatic heterocycles. The average Bonchev–Trinajstić information content (AvgIpc) is 3.16. The van der Waals surface area contributed by atoms with E-state index in [1.807, 2.05) is 35.2 Å². The first-order chi connectivity index (χ1) is 9.92. The highest BCUT2D eigenvalue weighted by Crippen LogP contribution is 2.22. The SMILES string of the molecule is c1ccc(-c2nccn2-c2ccc3cc[nH]c3c2)nc1. The number of pyridine rings is 1. The number of nitrogens with zero attached hydrogens (tertiary/aromatic N) is 3. The summed E-state index contributed by atoms with van der Waals surface area (Å²) in [6.07, 6.45) is 7.47. The quantitative estimate of drug-likeness (QED) is 0.600. The minimum Gasteiger partial charge on any atom is -0.361 e. The van der Waals surface area contributed by atoms with Crippen LogP contribution in [0.4, 0.5) is 0 Å².